The van der Waals surface area contributed by atoms with Crippen LogP contribution in [0.4, 0.5) is 0 Å². The van der Waals surface area contributed by atoms with Crippen LogP contribution in [0, 0.1) is 13.8 Å². The quantitative estimate of drug-likeness (QED) is 0.735. The van der Waals surface area contributed by atoms with Crippen LogP contribution < -0.4 is 5.73 Å². The molecule has 1 aliphatic carbocycles. The van der Waals surface area contributed by atoms with Crippen molar-refractivity contribution in [2.24, 2.45) is 5.73 Å². The van der Waals surface area contributed by atoms with E-state index in [0.29, 0.717) is 0 Å². The Morgan fingerprint density at radius 3 is 2.50 bits per heavy atom. The standard InChI is InChI=1S/C12H17NO/c1-7-4-5-8(2)11-9(7)6-10(14-3)12(11)13/h4-5,10,12H,6,13H2,1-3H3. The van der Waals surface area contributed by atoms with Crippen molar-refractivity contribution in [1.29, 1.82) is 0 Å². The Balaban J connectivity index is 2.52. The van der Waals surface area contributed by atoms with E-state index in [2.05, 4.69) is 26.0 Å². The zero-order valence-electron chi connectivity index (χ0n) is 9.00. The molecule has 0 spiro atoms. The number of hydrogen-bond acceptors (Lipinski definition) is 2. The smallest absolute Gasteiger partial charge is 0.0804 e. The van der Waals surface area contributed by atoms with E-state index in [-0.39, 0.29) is 12.1 Å². The zero-order valence-corrected chi connectivity index (χ0v) is 9.00. The molecule has 2 unspecified atom stereocenters. The van der Waals surface area contributed by atoms with Gasteiger partial charge in [0.1, 0.15) is 0 Å². The second-order valence-corrected chi connectivity index (χ2v) is 4.10. The van der Waals surface area contributed by atoms with E-state index in [1.54, 1.807) is 7.11 Å². The Bertz CT molecular complexity index is 360. The third-order valence-electron chi connectivity index (χ3n) is 3.25. The maximum atomic E-state index is 6.15. The normalized spacial score (nSPS) is 25.1. The molecular formula is C12H17NO. The van der Waals surface area contributed by atoms with Crippen molar-refractivity contribution in [2.75, 3.05) is 7.11 Å². The van der Waals surface area contributed by atoms with E-state index in [0.717, 1.165) is 6.42 Å². The average molecular weight is 191 g/mol. The van der Waals surface area contributed by atoms with Crippen LogP contribution in [0.5, 0.6) is 0 Å². The van der Waals surface area contributed by atoms with Crippen molar-refractivity contribution in [3.63, 3.8) is 0 Å². The summed E-state index contributed by atoms with van der Waals surface area (Å²) in [5.74, 6) is 0. The summed E-state index contributed by atoms with van der Waals surface area (Å²) in [5.41, 5.74) is 11.5. The van der Waals surface area contributed by atoms with Gasteiger partial charge in [0, 0.05) is 13.5 Å². The molecule has 0 aliphatic heterocycles. The van der Waals surface area contributed by atoms with Gasteiger partial charge in [-0.15, -0.1) is 0 Å². The monoisotopic (exact) mass is 191 g/mol. The van der Waals surface area contributed by atoms with Gasteiger partial charge in [-0.05, 0) is 36.1 Å². The molecule has 0 aromatic heterocycles. The second-order valence-electron chi connectivity index (χ2n) is 4.10. The molecule has 2 nitrogen and oxygen atoms in total. The lowest BCUT2D eigenvalue weighted by molar-refractivity contribution is 0.0905. The fourth-order valence-electron chi connectivity index (χ4n) is 2.37. The number of rotatable bonds is 1. The molecule has 0 radical (unpaired) electrons. The molecule has 0 fully saturated rings. The van der Waals surface area contributed by atoms with E-state index in [1.165, 1.54) is 22.3 Å². The first-order valence-corrected chi connectivity index (χ1v) is 5.02. The van der Waals surface area contributed by atoms with E-state index >= 15 is 0 Å². The summed E-state index contributed by atoms with van der Waals surface area (Å²) in [6, 6.07) is 4.36. The molecule has 2 rings (SSSR count). The summed E-state index contributed by atoms with van der Waals surface area (Å²) in [6.45, 7) is 4.26. The zero-order chi connectivity index (χ0) is 10.3. The summed E-state index contributed by atoms with van der Waals surface area (Å²) in [5, 5.41) is 0. The van der Waals surface area contributed by atoms with Gasteiger partial charge in [0.2, 0.25) is 0 Å². The number of nitrogens with two attached hydrogens (primary N) is 1. The Morgan fingerprint density at radius 1 is 1.29 bits per heavy atom. The number of methoxy groups -OCH3 is 1. The van der Waals surface area contributed by atoms with Crippen LogP contribution in [0.2, 0.25) is 0 Å². The molecule has 0 heterocycles. The molecule has 1 aliphatic rings. The van der Waals surface area contributed by atoms with Crippen LogP contribution in [0.3, 0.4) is 0 Å². The maximum Gasteiger partial charge on any atom is 0.0804 e. The van der Waals surface area contributed by atoms with Crippen molar-refractivity contribution in [1.82, 2.24) is 0 Å². The fourth-order valence-corrected chi connectivity index (χ4v) is 2.37. The average Bonchev–Trinajstić information content (AvgIpc) is 2.51. The Hall–Kier alpha value is -0.860. The molecule has 2 heteroatoms. The van der Waals surface area contributed by atoms with Crippen LogP contribution in [-0.4, -0.2) is 13.2 Å². The van der Waals surface area contributed by atoms with Gasteiger partial charge in [0.05, 0.1) is 12.1 Å². The van der Waals surface area contributed by atoms with Crippen molar-refractivity contribution >= 4 is 0 Å². The molecule has 2 N–H and O–H groups in total. The van der Waals surface area contributed by atoms with Crippen LogP contribution >= 0.6 is 0 Å². The first kappa shape index (κ1) is 9.69. The van der Waals surface area contributed by atoms with Gasteiger partial charge in [-0.2, -0.15) is 0 Å². The minimum absolute atomic E-state index is 0.0508. The van der Waals surface area contributed by atoms with Crippen LogP contribution in [0.25, 0.3) is 0 Å². The summed E-state index contributed by atoms with van der Waals surface area (Å²) < 4.78 is 5.39. The lowest BCUT2D eigenvalue weighted by Gasteiger charge is -2.15. The van der Waals surface area contributed by atoms with Gasteiger partial charge < -0.3 is 10.5 Å². The third kappa shape index (κ3) is 1.26. The SMILES string of the molecule is COC1Cc2c(C)ccc(C)c2C1N. The Kier molecular flexibility index (Phi) is 2.33. The Morgan fingerprint density at radius 2 is 1.93 bits per heavy atom. The van der Waals surface area contributed by atoms with E-state index in [4.69, 9.17) is 10.5 Å². The molecule has 14 heavy (non-hydrogen) atoms. The molecule has 2 atom stereocenters. The predicted octanol–water partition coefficient (Wildman–Crippen LogP) is 1.87. The molecule has 1 aromatic carbocycles. The molecule has 0 saturated carbocycles. The maximum absolute atomic E-state index is 6.15. The van der Waals surface area contributed by atoms with Gasteiger partial charge in [0.25, 0.3) is 0 Å². The number of hydrogen-bond donors (Lipinski definition) is 1. The number of benzene rings is 1. The summed E-state index contributed by atoms with van der Waals surface area (Å²) in [6.07, 6.45) is 1.12. The first-order valence-electron chi connectivity index (χ1n) is 5.02. The largest absolute Gasteiger partial charge is 0.379 e. The van der Waals surface area contributed by atoms with Crippen LogP contribution in [0.15, 0.2) is 12.1 Å². The van der Waals surface area contributed by atoms with Crippen molar-refractivity contribution in [2.45, 2.75) is 32.4 Å². The van der Waals surface area contributed by atoms with Crippen LogP contribution in [0.1, 0.15) is 28.3 Å². The minimum atomic E-state index is 0.0508. The number of fused-ring (bicyclic) bond motifs is 1. The molecule has 0 bridgehead atoms. The second kappa shape index (κ2) is 3.37. The highest BCUT2D eigenvalue weighted by molar-refractivity contribution is 5.46. The van der Waals surface area contributed by atoms with E-state index in [9.17, 15) is 0 Å². The van der Waals surface area contributed by atoms with Crippen molar-refractivity contribution in [3.8, 4) is 0 Å². The van der Waals surface area contributed by atoms with Crippen LogP contribution in [-0.2, 0) is 11.2 Å². The van der Waals surface area contributed by atoms with Gasteiger partial charge in [-0.1, -0.05) is 12.1 Å². The fraction of sp³-hybridized carbons (Fsp3) is 0.500. The summed E-state index contributed by atoms with van der Waals surface area (Å²) in [7, 11) is 1.74. The van der Waals surface area contributed by atoms with Gasteiger partial charge in [-0.3, -0.25) is 0 Å². The van der Waals surface area contributed by atoms with Gasteiger partial charge in [-0.25, -0.2) is 0 Å². The Labute approximate surface area is 85.1 Å². The van der Waals surface area contributed by atoms with E-state index in [1.807, 2.05) is 0 Å². The highest BCUT2D eigenvalue weighted by Gasteiger charge is 2.31. The lowest BCUT2D eigenvalue weighted by Crippen LogP contribution is -2.24. The molecular weight excluding hydrogens is 174 g/mol. The van der Waals surface area contributed by atoms with Crippen molar-refractivity contribution < 1.29 is 4.74 Å². The number of aryl methyl sites for hydroxylation is 2. The first-order chi connectivity index (χ1) is 6.65. The molecule has 76 valence electrons. The minimum Gasteiger partial charge on any atom is -0.379 e. The van der Waals surface area contributed by atoms with E-state index < -0.39 is 0 Å². The summed E-state index contributed by atoms with van der Waals surface area (Å²) >= 11 is 0. The van der Waals surface area contributed by atoms with Crippen molar-refractivity contribution in [3.05, 3.63) is 34.4 Å². The molecule has 1 aromatic rings. The highest BCUT2D eigenvalue weighted by Crippen LogP contribution is 2.35. The lowest BCUT2D eigenvalue weighted by atomic mass is 9.98. The number of ether oxygens (including phenoxy) is 1. The van der Waals surface area contributed by atoms with Gasteiger partial charge >= 0.3 is 0 Å². The third-order valence-corrected chi connectivity index (χ3v) is 3.25. The highest BCUT2D eigenvalue weighted by atomic mass is 16.5. The topological polar surface area (TPSA) is 35.2 Å². The molecule has 0 amide bonds. The molecule has 0 saturated heterocycles. The summed E-state index contributed by atoms with van der Waals surface area (Å²) in [4.78, 5) is 0. The predicted molar refractivity (Wildman–Crippen MR) is 57.3 cm³/mol. The van der Waals surface area contributed by atoms with Gasteiger partial charge in [0.15, 0.2) is 0 Å².